The van der Waals surface area contributed by atoms with E-state index in [1.807, 2.05) is 66.4 Å². The zero-order valence-corrected chi connectivity index (χ0v) is 21.3. The fourth-order valence-electron chi connectivity index (χ4n) is 4.59. The number of benzene rings is 3. The molecule has 0 spiro atoms. The number of ether oxygens (including phenoxy) is 5. The van der Waals surface area contributed by atoms with Gasteiger partial charge in [0.05, 0.1) is 46.8 Å². The van der Waals surface area contributed by atoms with Gasteiger partial charge in [-0.1, -0.05) is 18.2 Å². The molecule has 36 heavy (non-hydrogen) atoms. The van der Waals surface area contributed by atoms with E-state index in [0.717, 1.165) is 16.7 Å². The Balaban J connectivity index is 1.80. The highest BCUT2D eigenvalue weighted by Crippen LogP contribution is 2.43. The van der Waals surface area contributed by atoms with Crippen molar-refractivity contribution in [2.45, 2.75) is 19.4 Å². The number of nitrogens with zero attached hydrogens (tertiary/aromatic N) is 1. The summed E-state index contributed by atoms with van der Waals surface area (Å²) in [6.45, 7) is 2.92. The molecule has 1 aliphatic heterocycles. The highest BCUT2D eigenvalue weighted by atomic mass is 16.5. The normalized spacial score (nSPS) is 14.5. The second kappa shape index (κ2) is 11.1. The van der Waals surface area contributed by atoms with Gasteiger partial charge in [0.1, 0.15) is 5.75 Å². The van der Waals surface area contributed by atoms with Crippen molar-refractivity contribution in [1.29, 1.82) is 0 Å². The van der Waals surface area contributed by atoms with Crippen molar-refractivity contribution >= 4 is 11.7 Å². The summed E-state index contributed by atoms with van der Waals surface area (Å²) < 4.78 is 27.8. The van der Waals surface area contributed by atoms with Crippen LogP contribution < -0.4 is 29.0 Å². The van der Waals surface area contributed by atoms with Crippen LogP contribution in [0.3, 0.4) is 0 Å². The Kier molecular flexibility index (Phi) is 7.73. The first-order chi connectivity index (χ1) is 17.5. The van der Waals surface area contributed by atoms with Crippen molar-refractivity contribution in [2.24, 2.45) is 0 Å². The van der Waals surface area contributed by atoms with Gasteiger partial charge in [-0.15, -0.1) is 0 Å². The van der Waals surface area contributed by atoms with Gasteiger partial charge < -0.3 is 33.9 Å². The predicted molar refractivity (Wildman–Crippen MR) is 138 cm³/mol. The van der Waals surface area contributed by atoms with Gasteiger partial charge in [-0.05, 0) is 66.4 Å². The number of amides is 2. The van der Waals surface area contributed by atoms with Crippen LogP contribution >= 0.6 is 0 Å². The van der Waals surface area contributed by atoms with Gasteiger partial charge in [-0.3, -0.25) is 0 Å². The van der Waals surface area contributed by atoms with E-state index in [-0.39, 0.29) is 6.03 Å². The van der Waals surface area contributed by atoms with Crippen LogP contribution in [-0.4, -0.2) is 52.5 Å². The van der Waals surface area contributed by atoms with Gasteiger partial charge >= 0.3 is 6.03 Å². The Labute approximate surface area is 211 Å². The van der Waals surface area contributed by atoms with Gasteiger partial charge in [-0.2, -0.15) is 0 Å². The van der Waals surface area contributed by atoms with E-state index >= 15 is 0 Å². The molecule has 8 heteroatoms. The van der Waals surface area contributed by atoms with Gasteiger partial charge in [0.2, 0.25) is 0 Å². The Bertz CT molecular complexity index is 1230. The zero-order valence-electron chi connectivity index (χ0n) is 21.3. The minimum Gasteiger partial charge on any atom is -0.493 e. The summed E-state index contributed by atoms with van der Waals surface area (Å²) in [6, 6.07) is 16.4. The minimum absolute atomic E-state index is 0.234. The van der Waals surface area contributed by atoms with E-state index in [1.54, 1.807) is 28.4 Å². The molecule has 3 aromatic carbocycles. The van der Waals surface area contributed by atoms with E-state index in [2.05, 4.69) is 5.32 Å². The molecule has 190 valence electrons. The molecule has 1 atom stereocenters. The molecule has 1 N–H and O–H groups in total. The summed E-state index contributed by atoms with van der Waals surface area (Å²) in [5.74, 6) is 3.09. The number of carbonyl (C=O) groups is 1. The quantitative estimate of drug-likeness (QED) is 0.460. The number of hydrogen-bond acceptors (Lipinski definition) is 6. The molecular weight excluding hydrogens is 460 g/mol. The van der Waals surface area contributed by atoms with Crippen molar-refractivity contribution in [1.82, 2.24) is 4.90 Å². The molecule has 0 saturated heterocycles. The summed E-state index contributed by atoms with van der Waals surface area (Å²) >= 11 is 0. The molecule has 0 unspecified atom stereocenters. The van der Waals surface area contributed by atoms with Gasteiger partial charge in [0.25, 0.3) is 0 Å². The second-order valence-electron chi connectivity index (χ2n) is 8.23. The van der Waals surface area contributed by atoms with Crippen molar-refractivity contribution in [2.75, 3.05) is 46.9 Å². The first kappa shape index (κ1) is 25.0. The fraction of sp³-hybridized carbons (Fsp3) is 0.321. The van der Waals surface area contributed by atoms with Crippen LogP contribution in [0.15, 0.2) is 54.6 Å². The zero-order chi connectivity index (χ0) is 25.7. The molecule has 0 saturated carbocycles. The molecule has 8 nitrogen and oxygen atoms in total. The van der Waals surface area contributed by atoms with E-state index in [0.29, 0.717) is 54.0 Å². The molecule has 0 aliphatic carbocycles. The Morgan fingerprint density at radius 3 is 2.22 bits per heavy atom. The van der Waals surface area contributed by atoms with E-state index in [9.17, 15) is 4.79 Å². The minimum atomic E-state index is -0.396. The number of anilines is 1. The number of hydrogen-bond donors (Lipinski definition) is 1. The molecule has 1 aliphatic rings. The molecule has 0 aromatic heterocycles. The van der Waals surface area contributed by atoms with E-state index in [1.165, 1.54) is 0 Å². The molecule has 0 radical (unpaired) electrons. The van der Waals surface area contributed by atoms with Crippen LogP contribution in [0.2, 0.25) is 0 Å². The molecular formula is C28H32N2O6. The number of rotatable bonds is 8. The van der Waals surface area contributed by atoms with Crippen LogP contribution in [0.5, 0.6) is 28.7 Å². The lowest BCUT2D eigenvalue weighted by molar-refractivity contribution is 0.193. The summed E-state index contributed by atoms with van der Waals surface area (Å²) in [7, 11) is 6.42. The smallest absolute Gasteiger partial charge is 0.322 e. The highest BCUT2D eigenvalue weighted by molar-refractivity contribution is 5.91. The van der Waals surface area contributed by atoms with Crippen molar-refractivity contribution in [3.8, 4) is 28.7 Å². The van der Waals surface area contributed by atoms with E-state index in [4.69, 9.17) is 23.7 Å². The summed E-state index contributed by atoms with van der Waals surface area (Å²) in [6.07, 6.45) is 0.667. The number of methoxy groups -OCH3 is 4. The number of carbonyl (C=O) groups excluding carboxylic acids is 1. The van der Waals surface area contributed by atoms with Crippen molar-refractivity contribution < 1.29 is 28.5 Å². The van der Waals surface area contributed by atoms with Crippen LogP contribution in [0.1, 0.15) is 29.7 Å². The molecule has 2 amide bonds. The van der Waals surface area contributed by atoms with Gasteiger partial charge in [0.15, 0.2) is 23.0 Å². The number of nitrogens with one attached hydrogen (secondary N) is 1. The van der Waals surface area contributed by atoms with Crippen molar-refractivity contribution in [3.63, 3.8) is 0 Å². The van der Waals surface area contributed by atoms with Crippen LogP contribution in [0.4, 0.5) is 10.5 Å². The SMILES string of the molecule is CCOc1ccccc1NC(=O)N1CCc2cc(OC)c(OC)cc2[C@H]1c1ccc(OC)c(OC)c1. The van der Waals surface area contributed by atoms with Crippen molar-refractivity contribution in [3.05, 3.63) is 71.3 Å². The lowest BCUT2D eigenvalue weighted by Gasteiger charge is -2.38. The molecule has 0 fully saturated rings. The highest BCUT2D eigenvalue weighted by Gasteiger charge is 2.34. The lowest BCUT2D eigenvalue weighted by Crippen LogP contribution is -2.43. The predicted octanol–water partition coefficient (Wildman–Crippen LogP) is 5.30. The van der Waals surface area contributed by atoms with Crippen LogP contribution in [0, 0.1) is 0 Å². The number of urea groups is 1. The Morgan fingerprint density at radius 1 is 0.861 bits per heavy atom. The third kappa shape index (κ3) is 4.84. The maximum atomic E-state index is 13.7. The van der Waals surface area contributed by atoms with E-state index < -0.39 is 6.04 Å². The first-order valence-electron chi connectivity index (χ1n) is 11.8. The molecule has 1 heterocycles. The fourth-order valence-corrected chi connectivity index (χ4v) is 4.59. The Morgan fingerprint density at radius 2 is 1.53 bits per heavy atom. The molecule has 4 rings (SSSR count). The third-order valence-corrected chi connectivity index (χ3v) is 6.29. The third-order valence-electron chi connectivity index (χ3n) is 6.29. The van der Waals surface area contributed by atoms with Gasteiger partial charge in [-0.25, -0.2) is 4.79 Å². The topological polar surface area (TPSA) is 78.5 Å². The lowest BCUT2D eigenvalue weighted by atomic mass is 9.87. The maximum absolute atomic E-state index is 13.7. The van der Waals surface area contributed by atoms with Crippen LogP contribution in [-0.2, 0) is 6.42 Å². The van der Waals surface area contributed by atoms with Crippen LogP contribution in [0.25, 0.3) is 0 Å². The molecule has 0 bridgehead atoms. The molecule has 3 aromatic rings. The monoisotopic (exact) mass is 492 g/mol. The Hall–Kier alpha value is -4.07. The average molecular weight is 493 g/mol. The largest absolute Gasteiger partial charge is 0.493 e. The number of para-hydroxylation sites is 2. The summed E-state index contributed by atoms with van der Waals surface area (Å²) in [5.41, 5.74) is 3.55. The average Bonchev–Trinajstić information content (AvgIpc) is 2.92. The van der Waals surface area contributed by atoms with Gasteiger partial charge in [0, 0.05) is 6.54 Å². The maximum Gasteiger partial charge on any atom is 0.322 e. The number of fused-ring (bicyclic) bond motifs is 1. The second-order valence-corrected chi connectivity index (χ2v) is 8.23. The first-order valence-corrected chi connectivity index (χ1v) is 11.8. The standard InChI is InChI=1S/C28H32N2O6/c1-6-36-22-10-8-7-9-21(22)29-28(31)30-14-13-18-15-25(34-4)26(35-5)17-20(18)27(30)19-11-12-23(32-2)24(16-19)33-3/h7-12,15-17,27H,6,13-14H2,1-5H3,(H,29,31)/t27-/m1/s1. The summed E-state index contributed by atoms with van der Waals surface area (Å²) in [5, 5.41) is 3.05. The summed E-state index contributed by atoms with van der Waals surface area (Å²) in [4.78, 5) is 15.5.